The van der Waals surface area contributed by atoms with Gasteiger partial charge in [0.25, 0.3) is 0 Å². The van der Waals surface area contributed by atoms with Gasteiger partial charge in [0.15, 0.2) is 15.4 Å². The lowest BCUT2D eigenvalue weighted by Crippen LogP contribution is -2.55. The fraction of sp³-hybridized carbons (Fsp3) is 0.453. The average molecular weight is 2080 g/mol. The molecule has 0 unspecified atom stereocenters. The Morgan fingerprint density at radius 2 is 0.659 bits per heavy atom. The lowest BCUT2D eigenvalue weighted by molar-refractivity contribution is 0.301. The Labute approximate surface area is 877 Å². The van der Waals surface area contributed by atoms with Crippen molar-refractivity contribution in [2.24, 2.45) is 9.98 Å². The summed E-state index contributed by atoms with van der Waals surface area (Å²) in [7, 11) is 0. The smallest absolute Gasteiger partial charge is 0.173 e. The van der Waals surface area contributed by atoms with Crippen molar-refractivity contribution in [2.45, 2.75) is 202 Å². The number of aliphatic imine (C=N–C) groups is 2. The van der Waals surface area contributed by atoms with Gasteiger partial charge < -0.3 is 65.8 Å². The number of nitrogens with zero attached hydrogens (tertiary/aromatic N) is 16. The Morgan fingerprint density at radius 1 is 0.362 bits per heavy atom. The molecule has 6 saturated heterocycles. The number of aromatic nitrogens is 6. The molecule has 6 aromatic heterocycles. The van der Waals surface area contributed by atoms with E-state index < -0.39 is 0 Å². The molecule has 0 bridgehead atoms. The Morgan fingerprint density at radius 3 is 0.913 bits per heavy atom. The van der Waals surface area contributed by atoms with Crippen LogP contribution in [0.1, 0.15) is 166 Å². The quantitative estimate of drug-likeness (QED) is 0.0397. The van der Waals surface area contributed by atoms with E-state index in [1.807, 2.05) is 72.8 Å². The maximum atomic E-state index is 6.34. The zero-order chi connectivity index (χ0) is 100. The number of piperidine rings is 1. The van der Waals surface area contributed by atoms with E-state index in [9.17, 15) is 0 Å². The molecule has 6 aliphatic heterocycles. The summed E-state index contributed by atoms with van der Waals surface area (Å²) >= 11 is 59.7. The van der Waals surface area contributed by atoms with Crippen LogP contribution in [0, 0.1) is 0 Å². The molecule has 0 spiro atoms. The highest BCUT2D eigenvalue weighted by Gasteiger charge is 2.32. The second-order valence-corrected chi connectivity index (χ2v) is 43.7. The summed E-state index contributed by atoms with van der Waals surface area (Å²) in [6, 6.07) is 58.5. The summed E-state index contributed by atoms with van der Waals surface area (Å²) < 4.78 is 0. The SMILES string of the molecule is CC(C)(C)c1ccc(N=C=S)cc1.CSC(=Nc1ccc(C(C)(C)C)cc1)N1CCN(c2ncccc2Cl)C[C@H]1C.C[C@@H]1CCCCN1.C[C@@H]1CN(c2ncccc2Cl)CCN1.C[C@@H]1CN(c2ncccc2Cl)CCN1.C[C@@H]1CN(c2ncccc2Cl)CCN1C(=S)Nc1ccc(C(C)(C)C)cc1.C[C@@H]1CN(c2ncccc2Cl)CCN1C(=S)Nc1ccc(C(C)(C)C)cc1.Clc1cccnc1Cl. The van der Waals surface area contributed by atoms with E-state index in [0.29, 0.717) is 43.4 Å². The van der Waals surface area contributed by atoms with Gasteiger partial charge in [0.2, 0.25) is 0 Å². The second kappa shape index (κ2) is 55.4. The number of thiocarbonyl (C=S) groups is 3. The van der Waals surface area contributed by atoms with Crippen molar-refractivity contribution in [1.82, 2.24) is 60.6 Å². The molecule has 6 atom stereocenters. The Bertz CT molecular complexity index is 5280. The first-order chi connectivity index (χ1) is 65.6. The first kappa shape index (κ1) is 113. The number of benzene rings is 4. The van der Waals surface area contributed by atoms with Crippen LogP contribution < -0.4 is 51.1 Å². The molecule has 0 amide bonds. The minimum absolute atomic E-state index is 0.149. The third-order valence-corrected chi connectivity index (χ3v) is 27.5. The van der Waals surface area contributed by atoms with Crippen LogP contribution in [-0.4, -0.2) is 212 Å². The third kappa shape index (κ3) is 36.3. The highest BCUT2D eigenvalue weighted by molar-refractivity contribution is 8.13. The number of rotatable bonds is 9. The molecule has 6 aliphatic rings. The molecule has 32 heteroatoms. The normalized spacial score (nSPS) is 18.5. The maximum absolute atomic E-state index is 6.34. The number of piperazine rings is 5. The number of thioether (sulfide) groups is 1. The van der Waals surface area contributed by atoms with Crippen molar-refractivity contribution in [3.05, 3.63) is 265 Å². The van der Waals surface area contributed by atoms with Gasteiger partial charge in [-0.05, 0) is 269 Å². The first-order valence-corrected chi connectivity index (χ1v) is 52.5. The summed E-state index contributed by atoms with van der Waals surface area (Å²) in [6.07, 6.45) is 16.8. The van der Waals surface area contributed by atoms with Gasteiger partial charge in [-0.1, -0.05) is 231 Å². The second-order valence-electron chi connectivity index (χ2n) is 39.1. The molecule has 6 fully saturated rings. The number of hydrogen-bond donors (Lipinski definition) is 5. The summed E-state index contributed by atoms with van der Waals surface area (Å²) in [5, 5.41) is 26.3. The van der Waals surface area contributed by atoms with Crippen molar-refractivity contribution < 1.29 is 0 Å². The minimum Gasteiger partial charge on any atom is -0.353 e. The highest BCUT2D eigenvalue weighted by Crippen LogP contribution is 2.35. The first-order valence-electron chi connectivity index (χ1n) is 47.4. The molecule has 5 N–H and O–H groups in total. The zero-order valence-corrected chi connectivity index (χ0v) is 92.0. The predicted molar refractivity (Wildman–Crippen MR) is 605 cm³/mol. The number of nitrogens with one attached hydrogen (secondary N) is 5. The number of amidine groups is 1. The Hall–Kier alpha value is -8.31. The van der Waals surface area contributed by atoms with Crippen molar-refractivity contribution in [1.29, 1.82) is 0 Å². The number of anilines is 7. The number of hydrogen-bond acceptors (Lipinski definition) is 20. The Kier molecular flexibility index (Phi) is 45.4. The standard InChI is InChI=1S/C22H29ClN4S.2C21H27ClN4S.C11H13NS.2C10H14ClN3.C6H13N.C5H3Cl2N/c1-16-15-26(20-19(23)7-6-12-24-20)13-14-27(16)21(28-5)25-18-10-8-17(9-11-18)22(2,3)4;2*1-15-14-25(19-18(22)6-5-11-23-19)12-13-26(15)20(27)24-17-9-7-16(8-10-17)21(2,3)4;1-11(2,3)9-4-6-10(7-5-9)12-8-13;2*1-8-7-14(6-5-12-8)10-9(11)3-2-4-13-10;1-6-4-2-3-5-7-6;6-4-2-1-3-8-5(4)7/h6-12,16H,13-15H2,1-5H3;2*5-11,15H,12-14H2,1-4H3,(H,24,27);4-7H,1-3H3;2*2-4,8,12H,5-7H2,1H3;6-7H,2-5H2,1H3;1-3H/t16-;2*15-;;2*8-;6-;/m111.111./s1. The lowest BCUT2D eigenvalue weighted by Gasteiger charge is -2.41. The summed E-state index contributed by atoms with van der Waals surface area (Å²) in [6.45, 7) is 54.5. The van der Waals surface area contributed by atoms with Crippen molar-refractivity contribution in [3.8, 4) is 0 Å². The third-order valence-electron chi connectivity index (χ3n) is 23.9. The van der Waals surface area contributed by atoms with Gasteiger partial charge >= 0.3 is 0 Å². The molecule has 742 valence electrons. The monoisotopic (exact) mass is 2080 g/mol. The summed E-state index contributed by atoms with van der Waals surface area (Å²) in [5.41, 5.74) is 9.81. The van der Waals surface area contributed by atoms with Crippen LogP contribution in [0.25, 0.3) is 0 Å². The molecule has 16 rings (SSSR count). The largest absolute Gasteiger partial charge is 0.353 e. The fourth-order valence-corrected chi connectivity index (χ4v) is 19.0. The molecule has 4 aromatic carbocycles. The summed E-state index contributed by atoms with van der Waals surface area (Å²) in [5.74, 6) is 4.38. The van der Waals surface area contributed by atoms with Crippen LogP contribution in [0.4, 0.5) is 51.8 Å². The van der Waals surface area contributed by atoms with Crippen LogP contribution >= 0.6 is 130 Å². The van der Waals surface area contributed by atoms with E-state index in [2.05, 4.69) is 334 Å². The molecule has 12 heterocycles. The van der Waals surface area contributed by atoms with Gasteiger partial charge in [-0.2, -0.15) is 4.99 Å². The van der Waals surface area contributed by atoms with Crippen molar-refractivity contribution in [3.63, 3.8) is 0 Å². The zero-order valence-electron chi connectivity index (χ0n) is 83.5. The van der Waals surface area contributed by atoms with E-state index in [1.54, 1.807) is 61.1 Å². The van der Waals surface area contributed by atoms with Gasteiger partial charge in [0.05, 0.1) is 46.7 Å². The van der Waals surface area contributed by atoms with E-state index >= 15 is 0 Å². The number of pyridine rings is 6. The topological polar surface area (TPSA) is 188 Å². The van der Waals surface area contributed by atoms with E-state index in [4.69, 9.17) is 111 Å². The fourth-order valence-electron chi connectivity index (χ4n) is 16.0. The highest BCUT2D eigenvalue weighted by atomic mass is 35.5. The number of isothiocyanates is 1. The molecule has 10 aromatic rings. The maximum Gasteiger partial charge on any atom is 0.173 e. The molecule has 0 saturated carbocycles. The van der Waals surface area contributed by atoms with E-state index in [-0.39, 0.29) is 33.7 Å². The molecule has 0 aliphatic carbocycles. The van der Waals surface area contributed by atoms with Crippen LogP contribution in [0.2, 0.25) is 35.3 Å². The molecule has 0 radical (unpaired) electrons. The summed E-state index contributed by atoms with van der Waals surface area (Å²) in [4.78, 5) is 52.5. The van der Waals surface area contributed by atoms with Gasteiger partial charge in [-0.3, -0.25) is 0 Å². The van der Waals surface area contributed by atoms with Crippen molar-refractivity contribution >= 4 is 202 Å². The van der Waals surface area contributed by atoms with E-state index in [1.165, 1.54) is 48.1 Å². The average Bonchev–Trinajstić information content (AvgIpc) is 0.809. The van der Waals surface area contributed by atoms with Crippen LogP contribution in [0.15, 0.2) is 217 Å². The van der Waals surface area contributed by atoms with Crippen LogP contribution in [0.3, 0.4) is 0 Å². The van der Waals surface area contributed by atoms with Crippen LogP contribution in [-0.2, 0) is 21.7 Å². The molecule has 138 heavy (non-hydrogen) atoms. The van der Waals surface area contributed by atoms with Crippen LogP contribution in [0.5, 0.6) is 0 Å². The predicted octanol–water partition coefficient (Wildman–Crippen LogP) is 25.8. The molecular weight excluding hydrogens is 1940 g/mol. The molecular formula is C106H140Cl7N21S4. The van der Waals surface area contributed by atoms with Gasteiger partial charge in [0, 0.05) is 183 Å². The van der Waals surface area contributed by atoms with Gasteiger partial charge in [-0.25, -0.2) is 34.9 Å². The number of halogens is 7. The van der Waals surface area contributed by atoms with Gasteiger partial charge in [0.1, 0.15) is 34.2 Å². The molecule has 21 nitrogen and oxygen atoms in total. The minimum atomic E-state index is 0.149. The lowest BCUT2D eigenvalue weighted by atomic mass is 9.87. The van der Waals surface area contributed by atoms with E-state index in [0.717, 1.165) is 181 Å². The van der Waals surface area contributed by atoms with Gasteiger partial charge in [-0.15, -0.1) is 0 Å². The Balaban J connectivity index is 0.000000183. The van der Waals surface area contributed by atoms with Crippen molar-refractivity contribution in [2.75, 3.05) is 146 Å².